The molecule has 2 heterocycles. The quantitative estimate of drug-likeness (QED) is 0.642. The molecule has 0 amide bonds. The van der Waals surface area contributed by atoms with Crippen molar-refractivity contribution in [2.24, 2.45) is 12.1 Å². The number of hydrazone groups is 1. The van der Waals surface area contributed by atoms with E-state index in [1.807, 2.05) is 13.0 Å². The second kappa shape index (κ2) is 5.96. The van der Waals surface area contributed by atoms with Crippen LogP contribution in [0.1, 0.15) is 12.5 Å². The van der Waals surface area contributed by atoms with Crippen LogP contribution in [-0.2, 0) is 7.05 Å². The number of anilines is 1. The van der Waals surface area contributed by atoms with Gasteiger partial charge in [-0.3, -0.25) is 19.3 Å². The summed E-state index contributed by atoms with van der Waals surface area (Å²) in [6.45, 7) is 2.39. The van der Waals surface area contributed by atoms with E-state index in [0.717, 1.165) is 10.1 Å². The van der Waals surface area contributed by atoms with Crippen LogP contribution in [-0.4, -0.2) is 27.3 Å². The second-order valence-corrected chi connectivity index (χ2v) is 4.10. The van der Waals surface area contributed by atoms with Gasteiger partial charge in [-0.25, -0.2) is 9.80 Å². The number of rotatable bonds is 4. The number of aromatic amines is 1. The zero-order chi connectivity index (χ0) is 14.5. The molecular weight excluding hydrogens is 258 g/mol. The maximum Gasteiger partial charge on any atom is 0.329 e. The highest BCUT2D eigenvalue weighted by Crippen LogP contribution is 2.05. The lowest BCUT2D eigenvalue weighted by atomic mass is 10.3. The minimum Gasteiger partial charge on any atom is -0.292 e. The Balaban J connectivity index is 2.32. The van der Waals surface area contributed by atoms with Crippen LogP contribution < -0.4 is 16.3 Å². The van der Waals surface area contributed by atoms with Gasteiger partial charge in [0, 0.05) is 37.6 Å². The van der Waals surface area contributed by atoms with Crippen LogP contribution in [0.15, 0.2) is 45.3 Å². The Bertz CT molecular complexity index is 686. The molecule has 0 saturated heterocycles. The fourth-order valence-electron chi connectivity index (χ4n) is 1.59. The molecule has 0 aliphatic carbocycles. The highest BCUT2D eigenvalue weighted by molar-refractivity contribution is 5.79. The summed E-state index contributed by atoms with van der Waals surface area (Å²) in [6, 6.07) is 5.00. The highest BCUT2D eigenvalue weighted by atomic mass is 16.2. The summed E-state index contributed by atoms with van der Waals surface area (Å²) in [7, 11) is 1.42. The van der Waals surface area contributed by atoms with E-state index in [2.05, 4.69) is 15.1 Å². The van der Waals surface area contributed by atoms with E-state index in [0.29, 0.717) is 12.4 Å². The predicted octanol–water partition coefficient (Wildman–Crippen LogP) is 0.329. The molecule has 7 nitrogen and oxygen atoms in total. The molecule has 0 aliphatic rings. The van der Waals surface area contributed by atoms with Gasteiger partial charge < -0.3 is 0 Å². The number of hydrogen-bond acceptors (Lipinski definition) is 5. The second-order valence-electron chi connectivity index (χ2n) is 4.10. The number of nitrogens with one attached hydrogen (secondary N) is 1. The minimum atomic E-state index is -0.470. The largest absolute Gasteiger partial charge is 0.329 e. The van der Waals surface area contributed by atoms with Crippen molar-refractivity contribution in [3.05, 3.63) is 57.0 Å². The van der Waals surface area contributed by atoms with Gasteiger partial charge in [-0.1, -0.05) is 6.07 Å². The molecule has 2 aromatic heterocycles. The number of nitrogens with zero attached hydrogens (tertiary/aromatic N) is 4. The summed E-state index contributed by atoms with van der Waals surface area (Å²) < 4.78 is 1.00. The van der Waals surface area contributed by atoms with Crippen molar-refractivity contribution in [2.75, 3.05) is 11.6 Å². The van der Waals surface area contributed by atoms with Gasteiger partial charge in [-0.15, -0.1) is 0 Å². The molecule has 0 unspecified atom stereocenters. The Morgan fingerprint density at radius 3 is 2.90 bits per heavy atom. The van der Waals surface area contributed by atoms with Gasteiger partial charge in [0.2, 0.25) is 0 Å². The maximum atomic E-state index is 11.6. The third-order valence-corrected chi connectivity index (χ3v) is 2.74. The average molecular weight is 273 g/mol. The molecule has 2 aromatic rings. The Labute approximate surface area is 115 Å². The predicted molar refractivity (Wildman–Crippen MR) is 77.2 cm³/mol. The molecule has 0 bridgehead atoms. The van der Waals surface area contributed by atoms with Crippen LogP contribution in [0, 0.1) is 0 Å². The van der Waals surface area contributed by atoms with E-state index in [1.54, 1.807) is 24.7 Å². The molecule has 0 aromatic carbocycles. The van der Waals surface area contributed by atoms with E-state index in [9.17, 15) is 9.59 Å². The van der Waals surface area contributed by atoms with Crippen molar-refractivity contribution >= 4 is 12.0 Å². The molecule has 0 aliphatic heterocycles. The van der Waals surface area contributed by atoms with Gasteiger partial charge in [-0.05, 0) is 13.0 Å². The van der Waals surface area contributed by atoms with Gasteiger partial charge in [-0.2, -0.15) is 5.10 Å². The summed E-state index contributed by atoms with van der Waals surface area (Å²) in [6.07, 6.45) is 4.96. The SMILES string of the molecule is CCN(/N=C\c1cccnc1)c1cc(=O)n(C)c(=O)[nH]1. The molecular formula is C13H15N5O2. The normalized spacial score (nSPS) is 10.9. The van der Waals surface area contributed by atoms with Gasteiger partial charge in [0.05, 0.1) is 6.21 Å². The standard InChI is InChI=1S/C13H15N5O2/c1-3-18(15-9-10-5-4-6-14-8-10)11-7-12(19)17(2)13(20)16-11/h4-9H,3H2,1-2H3,(H,16,20)/b15-9-. The van der Waals surface area contributed by atoms with Crippen LogP contribution >= 0.6 is 0 Å². The van der Waals surface area contributed by atoms with Crippen LogP contribution in [0.3, 0.4) is 0 Å². The molecule has 0 radical (unpaired) electrons. The fourth-order valence-corrected chi connectivity index (χ4v) is 1.59. The van der Waals surface area contributed by atoms with Gasteiger partial charge in [0.15, 0.2) is 0 Å². The molecule has 20 heavy (non-hydrogen) atoms. The van der Waals surface area contributed by atoms with Crippen LogP contribution in [0.4, 0.5) is 5.82 Å². The summed E-state index contributed by atoms with van der Waals surface area (Å²) in [5.74, 6) is 0.362. The Morgan fingerprint density at radius 2 is 2.30 bits per heavy atom. The molecule has 7 heteroatoms. The monoisotopic (exact) mass is 273 g/mol. The Morgan fingerprint density at radius 1 is 1.50 bits per heavy atom. The first-order valence-corrected chi connectivity index (χ1v) is 6.13. The van der Waals surface area contributed by atoms with Crippen molar-refractivity contribution in [3.8, 4) is 0 Å². The van der Waals surface area contributed by atoms with Gasteiger partial charge in [0.25, 0.3) is 5.56 Å². The number of hydrogen-bond donors (Lipinski definition) is 1. The maximum absolute atomic E-state index is 11.6. The first-order valence-electron chi connectivity index (χ1n) is 6.13. The van der Waals surface area contributed by atoms with Crippen molar-refractivity contribution < 1.29 is 0 Å². The summed E-state index contributed by atoms with van der Waals surface area (Å²) in [5, 5.41) is 5.78. The van der Waals surface area contributed by atoms with Crippen molar-refractivity contribution in [3.63, 3.8) is 0 Å². The Hall–Kier alpha value is -2.70. The lowest BCUT2D eigenvalue weighted by molar-refractivity contribution is 0.756. The van der Waals surface area contributed by atoms with E-state index in [1.165, 1.54) is 18.1 Å². The molecule has 0 fully saturated rings. The van der Waals surface area contributed by atoms with E-state index in [4.69, 9.17) is 0 Å². The topological polar surface area (TPSA) is 83.3 Å². The summed E-state index contributed by atoms with van der Waals surface area (Å²) in [5.41, 5.74) is -0.0153. The molecule has 2 rings (SSSR count). The zero-order valence-corrected chi connectivity index (χ0v) is 11.3. The van der Waals surface area contributed by atoms with Crippen LogP contribution in [0.5, 0.6) is 0 Å². The summed E-state index contributed by atoms with van der Waals surface area (Å²) >= 11 is 0. The average Bonchev–Trinajstić information content (AvgIpc) is 2.46. The minimum absolute atomic E-state index is 0.362. The lowest BCUT2D eigenvalue weighted by Crippen LogP contribution is -2.34. The molecule has 1 N–H and O–H groups in total. The van der Waals surface area contributed by atoms with E-state index in [-0.39, 0.29) is 5.56 Å². The number of H-pyrrole nitrogens is 1. The number of pyridine rings is 1. The fraction of sp³-hybridized carbons (Fsp3) is 0.231. The summed E-state index contributed by atoms with van der Waals surface area (Å²) in [4.78, 5) is 29.8. The van der Waals surface area contributed by atoms with Crippen molar-refractivity contribution in [2.45, 2.75) is 6.92 Å². The number of aromatic nitrogens is 3. The first kappa shape index (κ1) is 13.7. The molecule has 0 atom stereocenters. The Kier molecular flexibility index (Phi) is 4.09. The van der Waals surface area contributed by atoms with Gasteiger partial charge in [0.1, 0.15) is 5.82 Å². The van der Waals surface area contributed by atoms with Crippen molar-refractivity contribution in [1.82, 2.24) is 14.5 Å². The van der Waals surface area contributed by atoms with E-state index >= 15 is 0 Å². The third-order valence-electron chi connectivity index (χ3n) is 2.74. The van der Waals surface area contributed by atoms with Gasteiger partial charge >= 0.3 is 5.69 Å². The van der Waals surface area contributed by atoms with E-state index < -0.39 is 5.69 Å². The lowest BCUT2D eigenvalue weighted by Gasteiger charge is -2.16. The third kappa shape index (κ3) is 3.00. The molecule has 0 saturated carbocycles. The first-order chi connectivity index (χ1) is 9.61. The highest BCUT2D eigenvalue weighted by Gasteiger charge is 2.06. The van der Waals surface area contributed by atoms with Crippen LogP contribution in [0.2, 0.25) is 0 Å². The zero-order valence-electron chi connectivity index (χ0n) is 11.3. The molecule has 104 valence electrons. The smallest absolute Gasteiger partial charge is 0.292 e. The van der Waals surface area contributed by atoms with Crippen molar-refractivity contribution in [1.29, 1.82) is 0 Å². The van der Waals surface area contributed by atoms with Crippen LogP contribution in [0.25, 0.3) is 0 Å². The molecule has 0 spiro atoms.